The van der Waals surface area contributed by atoms with Gasteiger partial charge in [0.05, 0.1) is 10.0 Å². The molecule has 1 saturated heterocycles. The Hall–Kier alpha value is -1.89. The number of benzene rings is 1. The highest BCUT2D eigenvalue weighted by Crippen LogP contribution is 2.33. The van der Waals surface area contributed by atoms with Gasteiger partial charge in [0.15, 0.2) is 0 Å². The van der Waals surface area contributed by atoms with E-state index < -0.39 is 0 Å². The third kappa shape index (κ3) is 3.56. The van der Waals surface area contributed by atoms with E-state index >= 15 is 0 Å². The lowest BCUT2D eigenvalue weighted by atomic mass is 9.96. The molecule has 1 aliphatic rings. The first-order valence-electron chi connectivity index (χ1n) is 8.56. The molecule has 0 saturated carbocycles. The highest BCUT2D eigenvalue weighted by atomic mass is 79.9. The van der Waals surface area contributed by atoms with Crippen molar-refractivity contribution in [1.29, 1.82) is 0 Å². The maximum Gasteiger partial charge on any atom is 0.257 e. The maximum atomic E-state index is 13.0. The highest BCUT2D eigenvalue weighted by molar-refractivity contribution is 9.10. The topological polar surface area (TPSA) is 71.2 Å². The van der Waals surface area contributed by atoms with Gasteiger partial charge in [0, 0.05) is 25.0 Å². The van der Waals surface area contributed by atoms with Gasteiger partial charge in [-0.3, -0.25) is 4.79 Å². The number of rotatable bonds is 3. The average Bonchev–Trinajstić information content (AvgIpc) is 3.07. The molecule has 25 heavy (non-hydrogen) atoms. The minimum Gasteiger partial charge on any atom is -0.506 e. The Morgan fingerprint density at radius 3 is 2.88 bits per heavy atom. The van der Waals surface area contributed by atoms with E-state index in [-0.39, 0.29) is 23.6 Å². The van der Waals surface area contributed by atoms with Crippen LogP contribution in [0.3, 0.4) is 0 Å². The van der Waals surface area contributed by atoms with Crippen LogP contribution >= 0.6 is 15.9 Å². The van der Waals surface area contributed by atoms with Crippen molar-refractivity contribution in [2.75, 3.05) is 13.1 Å². The number of phenolic OH excluding ortho intramolecular Hbond substituents is 1. The van der Waals surface area contributed by atoms with E-state index in [0.717, 1.165) is 24.2 Å². The second-order valence-electron chi connectivity index (χ2n) is 6.92. The number of amides is 1. The Kier molecular flexibility index (Phi) is 5.13. The summed E-state index contributed by atoms with van der Waals surface area (Å²) >= 11 is 3.32. The van der Waals surface area contributed by atoms with Crippen molar-refractivity contribution in [3.8, 4) is 5.75 Å². The third-order valence-corrected chi connectivity index (χ3v) is 5.27. The van der Waals surface area contributed by atoms with Crippen LogP contribution < -0.4 is 0 Å². The predicted molar refractivity (Wildman–Crippen MR) is 98.8 cm³/mol. The van der Waals surface area contributed by atoms with Crippen LogP contribution in [0, 0.1) is 6.92 Å². The van der Waals surface area contributed by atoms with Crippen LogP contribution in [0.5, 0.6) is 5.75 Å². The fourth-order valence-corrected chi connectivity index (χ4v) is 3.96. The fraction of sp³-hybridized carbons (Fsp3) is 0.500. The van der Waals surface area contributed by atoms with Crippen LogP contribution in [0.15, 0.2) is 22.9 Å². The Morgan fingerprint density at radius 2 is 2.16 bits per heavy atom. The molecule has 0 radical (unpaired) electrons. The maximum absolute atomic E-state index is 13.0. The van der Waals surface area contributed by atoms with E-state index in [2.05, 4.69) is 44.5 Å². The van der Waals surface area contributed by atoms with Gasteiger partial charge in [-0.25, -0.2) is 0 Å². The first-order valence-corrected chi connectivity index (χ1v) is 9.35. The van der Waals surface area contributed by atoms with Gasteiger partial charge in [0.2, 0.25) is 0 Å². The zero-order chi connectivity index (χ0) is 18.1. The second-order valence-corrected chi connectivity index (χ2v) is 7.78. The van der Waals surface area contributed by atoms with Gasteiger partial charge in [-0.2, -0.15) is 0 Å². The Morgan fingerprint density at radius 1 is 1.40 bits per heavy atom. The summed E-state index contributed by atoms with van der Waals surface area (Å²) in [5.74, 6) is 0.963. The number of hydrogen-bond donors (Lipinski definition) is 1. The molecule has 3 rings (SSSR count). The Labute approximate surface area is 156 Å². The number of aromatic nitrogens is 3. The lowest BCUT2D eigenvalue weighted by molar-refractivity contribution is 0.0699. The lowest BCUT2D eigenvalue weighted by Crippen LogP contribution is -2.40. The normalized spacial score (nSPS) is 18.0. The van der Waals surface area contributed by atoms with Crippen LogP contribution in [-0.2, 0) is 0 Å². The zero-order valence-corrected chi connectivity index (χ0v) is 16.3. The molecule has 1 unspecified atom stereocenters. The van der Waals surface area contributed by atoms with E-state index in [0.29, 0.717) is 23.1 Å². The molecule has 0 spiro atoms. The van der Waals surface area contributed by atoms with Crippen molar-refractivity contribution in [1.82, 2.24) is 19.7 Å². The predicted octanol–water partition coefficient (Wildman–Crippen LogP) is 3.66. The minimum absolute atomic E-state index is 0.00284. The summed E-state index contributed by atoms with van der Waals surface area (Å²) < 4.78 is 2.61. The molecule has 0 aliphatic carbocycles. The molecule has 1 atom stereocenters. The Bertz CT molecular complexity index is 787. The number of carbonyl (C=O) groups excluding carboxylic acids is 1. The van der Waals surface area contributed by atoms with E-state index in [1.807, 2.05) is 11.8 Å². The van der Waals surface area contributed by atoms with Crippen molar-refractivity contribution < 1.29 is 9.90 Å². The van der Waals surface area contributed by atoms with Gasteiger partial charge < -0.3 is 14.6 Å². The quantitative estimate of drug-likeness (QED) is 0.843. The monoisotopic (exact) mass is 406 g/mol. The number of carbonyl (C=O) groups is 1. The molecule has 1 aliphatic heterocycles. The lowest BCUT2D eigenvalue weighted by Gasteiger charge is -2.33. The molecule has 134 valence electrons. The summed E-state index contributed by atoms with van der Waals surface area (Å²) in [6.45, 7) is 7.39. The fourth-order valence-electron chi connectivity index (χ4n) is 3.38. The number of likely N-dealkylation sites (tertiary alicyclic amines) is 1. The summed E-state index contributed by atoms with van der Waals surface area (Å²) in [6.07, 6.45) is 3.65. The molecule has 2 aromatic rings. The van der Waals surface area contributed by atoms with Crippen molar-refractivity contribution in [3.63, 3.8) is 0 Å². The van der Waals surface area contributed by atoms with Gasteiger partial charge in [0.25, 0.3) is 5.91 Å². The Balaban J connectivity index is 1.84. The smallest absolute Gasteiger partial charge is 0.257 e. The van der Waals surface area contributed by atoms with E-state index in [4.69, 9.17) is 0 Å². The number of hydrogen-bond acceptors (Lipinski definition) is 4. The number of nitrogens with zero attached hydrogens (tertiary/aromatic N) is 4. The number of aromatic hydroxyl groups is 1. The molecule has 1 fully saturated rings. The molecule has 6 nitrogen and oxygen atoms in total. The van der Waals surface area contributed by atoms with E-state index in [1.54, 1.807) is 18.5 Å². The molecule has 1 aromatic heterocycles. The minimum atomic E-state index is -0.137. The first kappa shape index (κ1) is 17.9. The molecule has 1 amide bonds. The molecule has 1 aromatic carbocycles. The summed E-state index contributed by atoms with van der Waals surface area (Å²) in [6, 6.07) is 3.83. The van der Waals surface area contributed by atoms with Crippen LogP contribution in [0.25, 0.3) is 0 Å². The van der Waals surface area contributed by atoms with E-state index in [1.165, 1.54) is 0 Å². The molecule has 7 heteroatoms. The van der Waals surface area contributed by atoms with Gasteiger partial charge in [-0.15, -0.1) is 10.2 Å². The summed E-state index contributed by atoms with van der Waals surface area (Å²) in [5, 5.41) is 18.6. The third-order valence-electron chi connectivity index (χ3n) is 4.67. The molecular formula is C18H23BrN4O2. The van der Waals surface area contributed by atoms with Crippen LogP contribution in [0.2, 0.25) is 0 Å². The van der Waals surface area contributed by atoms with Crippen molar-refractivity contribution >= 4 is 21.8 Å². The van der Waals surface area contributed by atoms with Crippen LogP contribution in [0.4, 0.5) is 0 Å². The van der Waals surface area contributed by atoms with Crippen LogP contribution in [0.1, 0.15) is 60.4 Å². The molecule has 0 bridgehead atoms. The summed E-state index contributed by atoms with van der Waals surface area (Å²) in [5.41, 5.74) is 1.28. The first-order chi connectivity index (χ1) is 11.9. The largest absolute Gasteiger partial charge is 0.506 e. The van der Waals surface area contributed by atoms with Gasteiger partial charge >= 0.3 is 0 Å². The summed E-state index contributed by atoms with van der Waals surface area (Å²) in [7, 11) is 0. The molecule has 1 N–H and O–H groups in total. The zero-order valence-electron chi connectivity index (χ0n) is 14.7. The second kappa shape index (κ2) is 7.15. The van der Waals surface area contributed by atoms with Crippen LogP contribution in [-0.4, -0.2) is 43.8 Å². The average molecular weight is 407 g/mol. The summed E-state index contributed by atoms with van der Waals surface area (Å²) in [4.78, 5) is 14.8. The SMILES string of the molecule is Cc1cc(Br)c(O)c(C(=O)N2CCCC(c3nncn3C(C)C)C2)c1. The van der Waals surface area contributed by atoms with Crippen molar-refractivity contribution in [2.24, 2.45) is 0 Å². The number of aryl methyl sites for hydroxylation is 1. The van der Waals surface area contributed by atoms with Crippen molar-refractivity contribution in [2.45, 2.75) is 45.6 Å². The molecular weight excluding hydrogens is 384 g/mol. The van der Waals surface area contributed by atoms with Gasteiger partial charge in [0.1, 0.15) is 17.9 Å². The van der Waals surface area contributed by atoms with E-state index in [9.17, 15) is 9.90 Å². The number of piperidine rings is 1. The van der Waals surface area contributed by atoms with Crippen molar-refractivity contribution in [3.05, 3.63) is 39.9 Å². The number of phenols is 1. The number of halogens is 1. The molecule has 2 heterocycles. The van der Waals surface area contributed by atoms with Gasteiger partial charge in [-0.05, 0) is 67.2 Å². The van der Waals surface area contributed by atoms with Gasteiger partial charge in [-0.1, -0.05) is 0 Å². The highest BCUT2D eigenvalue weighted by Gasteiger charge is 2.30. The standard InChI is InChI=1S/C18H23BrN4O2/c1-11(2)23-10-20-21-17(23)13-5-4-6-22(9-13)18(25)14-7-12(3)8-15(19)16(14)24/h7-8,10-11,13,24H,4-6,9H2,1-3H3.